The van der Waals surface area contributed by atoms with Crippen LogP contribution in [-0.4, -0.2) is 37.0 Å². The van der Waals surface area contributed by atoms with Crippen molar-refractivity contribution in [2.45, 2.75) is 45.2 Å². The molecule has 1 fully saturated rings. The second-order valence-electron chi connectivity index (χ2n) is 8.62. The van der Waals surface area contributed by atoms with Gasteiger partial charge in [-0.05, 0) is 99.9 Å². The summed E-state index contributed by atoms with van der Waals surface area (Å²) >= 11 is 0. The average molecular weight is 461 g/mol. The minimum Gasteiger partial charge on any atom is -0.456 e. The smallest absolute Gasteiger partial charge is 0.241 e. The molecule has 0 unspecified atom stereocenters. The first-order valence-electron chi connectivity index (χ1n) is 11.9. The van der Waals surface area contributed by atoms with Gasteiger partial charge in [0.25, 0.3) is 0 Å². The van der Waals surface area contributed by atoms with Crippen LogP contribution in [0.25, 0.3) is 22.6 Å². The molecule has 7 nitrogen and oxygen atoms in total. The van der Waals surface area contributed by atoms with Crippen molar-refractivity contribution in [3.05, 3.63) is 60.7 Å². The Morgan fingerprint density at radius 2 is 1.53 bits per heavy atom. The third-order valence-electron chi connectivity index (χ3n) is 5.95. The molecule has 2 heterocycles. The molecule has 4 rings (SSSR count). The van der Waals surface area contributed by atoms with Crippen molar-refractivity contribution >= 4 is 23.2 Å². The summed E-state index contributed by atoms with van der Waals surface area (Å²) in [5, 5.41) is 12.3. The number of furan rings is 1. The van der Waals surface area contributed by atoms with Crippen molar-refractivity contribution in [1.82, 2.24) is 10.6 Å². The van der Waals surface area contributed by atoms with Crippen LogP contribution in [0.5, 0.6) is 0 Å². The Balaban J connectivity index is 1.36. The molecule has 2 amide bonds. The van der Waals surface area contributed by atoms with E-state index >= 15 is 0 Å². The Bertz CT molecular complexity index is 1100. The van der Waals surface area contributed by atoms with Crippen LogP contribution in [0.4, 0.5) is 11.4 Å². The van der Waals surface area contributed by atoms with Gasteiger partial charge in [0.1, 0.15) is 11.5 Å². The minimum atomic E-state index is -0.244. The molecule has 2 aromatic carbocycles. The van der Waals surface area contributed by atoms with Gasteiger partial charge in [0.2, 0.25) is 11.8 Å². The Morgan fingerprint density at radius 1 is 0.941 bits per heavy atom. The summed E-state index contributed by atoms with van der Waals surface area (Å²) in [6.45, 7) is 5.63. The summed E-state index contributed by atoms with van der Waals surface area (Å²) in [7, 11) is 0. The lowest BCUT2D eigenvalue weighted by Gasteiger charge is -2.13. The molecule has 1 aliphatic heterocycles. The van der Waals surface area contributed by atoms with Gasteiger partial charge in [-0.25, -0.2) is 0 Å². The summed E-state index contributed by atoms with van der Waals surface area (Å²) < 4.78 is 6.07. The number of amides is 2. The van der Waals surface area contributed by atoms with Crippen LogP contribution < -0.4 is 21.3 Å². The molecule has 178 valence electrons. The normalized spacial score (nSPS) is 16.2. The van der Waals surface area contributed by atoms with Crippen LogP contribution in [0, 0.1) is 0 Å². The highest BCUT2D eigenvalue weighted by molar-refractivity contribution is 5.95. The lowest BCUT2D eigenvalue weighted by molar-refractivity contribution is -0.118. The van der Waals surface area contributed by atoms with Gasteiger partial charge in [0.15, 0.2) is 0 Å². The standard InChI is InChI=1S/C27H32N4O3/c1-3-16-28-18(2)26(32)30-21-10-6-19(7-11-21)24-14-15-25(34-24)20-8-12-22(13-9-20)31-27(33)23-5-4-17-29-23/h6-15,18,23,28-29H,3-5,16-17H2,1-2H3,(H,30,32)(H,31,33)/t18-,23-/m0/s1. The predicted molar refractivity (Wildman–Crippen MR) is 136 cm³/mol. The zero-order valence-corrected chi connectivity index (χ0v) is 19.7. The summed E-state index contributed by atoms with van der Waals surface area (Å²) in [4.78, 5) is 24.5. The maximum Gasteiger partial charge on any atom is 0.241 e. The molecule has 0 aliphatic carbocycles. The zero-order chi connectivity index (χ0) is 23.9. The number of anilines is 2. The minimum absolute atomic E-state index is 0.0110. The number of rotatable bonds is 9. The maximum absolute atomic E-state index is 12.3. The van der Waals surface area contributed by atoms with E-state index in [-0.39, 0.29) is 23.9 Å². The Hall–Kier alpha value is -3.42. The van der Waals surface area contributed by atoms with Crippen LogP contribution >= 0.6 is 0 Å². The summed E-state index contributed by atoms with van der Waals surface area (Å²) in [6.07, 6.45) is 2.89. The lowest BCUT2D eigenvalue weighted by Crippen LogP contribution is -2.38. The second kappa shape index (κ2) is 11.1. The van der Waals surface area contributed by atoms with Crippen LogP contribution in [-0.2, 0) is 9.59 Å². The highest BCUT2D eigenvalue weighted by Gasteiger charge is 2.21. The summed E-state index contributed by atoms with van der Waals surface area (Å²) in [5.74, 6) is 1.45. The molecule has 4 N–H and O–H groups in total. The predicted octanol–water partition coefficient (Wildman–Crippen LogP) is 4.63. The van der Waals surface area contributed by atoms with Crippen molar-refractivity contribution < 1.29 is 14.0 Å². The number of carbonyl (C=O) groups excluding carboxylic acids is 2. The van der Waals surface area contributed by atoms with Gasteiger partial charge in [-0.15, -0.1) is 0 Å². The number of benzene rings is 2. The highest BCUT2D eigenvalue weighted by atomic mass is 16.3. The molecule has 0 saturated carbocycles. The van der Waals surface area contributed by atoms with Gasteiger partial charge < -0.3 is 25.7 Å². The van der Waals surface area contributed by atoms with Gasteiger partial charge in [0, 0.05) is 22.5 Å². The van der Waals surface area contributed by atoms with E-state index in [9.17, 15) is 9.59 Å². The molecule has 1 saturated heterocycles. The third kappa shape index (κ3) is 5.92. The zero-order valence-electron chi connectivity index (χ0n) is 19.7. The van der Waals surface area contributed by atoms with E-state index in [4.69, 9.17) is 4.42 Å². The van der Waals surface area contributed by atoms with Crippen LogP contribution in [0.3, 0.4) is 0 Å². The maximum atomic E-state index is 12.3. The van der Waals surface area contributed by atoms with Crippen molar-refractivity contribution in [3.8, 4) is 22.6 Å². The SMILES string of the molecule is CCCN[C@@H](C)C(=O)Nc1ccc(-c2ccc(-c3ccc(NC(=O)[C@@H]4CCCN4)cc3)o2)cc1. The molecular weight excluding hydrogens is 428 g/mol. The van der Waals surface area contributed by atoms with Gasteiger partial charge in [-0.3, -0.25) is 9.59 Å². The monoisotopic (exact) mass is 460 g/mol. The molecular formula is C27H32N4O3. The van der Waals surface area contributed by atoms with E-state index in [0.29, 0.717) is 0 Å². The quantitative estimate of drug-likeness (QED) is 0.373. The fraction of sp³-hybridized carbons (Fsp3) is 0.333. The van der Waals surface area contributed by atoms with Crippen molar-refractivity contribution in [3.63, 3.8) is 0 Å². The van der Waals surface area contributed by atoms with E-state index < -0.39 is 0 Å². The van der Waals surface area contributed by atoms with E-state index in [2.05, 4.69) is 28.2 Å². The lowest BCUT2D eigenvalue weighted by atomic mass is 10.1. The molecule has 1 aliphatic rings. The second-order valence-corrected chi connectivity index (χ2v) is 8.62. The molecule has 0 spiro atoms. The summed E-state index contributed by atoms with van der Waals surface area (Å²) in [5.41, 5.74) is 3.37. The van der Waals surface area contributed by atoms with E-state index in [1.54, 1.807) is 0 Å². The van der Waals surface area contributed by atoms with Crippen LogP contribution in [0.1, 0.15) is 33.1 Å². The summed E-state index contributed by atoms with van der Waals surface area (Å²) in [6, 6.07) is 18.8. The molecule has 0 radical (unpaired) electrons. The molecule has 7 heteroatoms. The van der Waals surface area contributed by atoms with Gasteiger partial charge in [0.05, 0.1) is 12.1 Å². The highest BCUT2D eigenvalue weighted by Crippen LogP contribution is 2.30. The fourth-order valence-corrected chi connectivity index (χ4v) is 3.93. The Kier molecular flexibility index (Phi) is 7.77. The van der Waals surface area contributed by atoms with E-state index in [1.165, 1.54) is 0 Å². The number of hydrogen-bond donors (Lipinski definition) is 4. The van der Waals surface area contributed by atoms with Crippen molar-refractivity contribution in [2.24, 2.45) is 0 Å². The third-order valence-corrected chi connectivity index (χ3v) is 5.95. The average Bonchev–Trinajstić information content (AvgIpc) is 3.56. The van der Waals surface area contributed by atoms with Crippen molar-refractivity contribution in [1.29, 1.82) is 0 Å². The first-order chi connectivity index (χ1) is 16.5. The number of carbonyl (C=O) groups is 2. The molecule has 34 heavy (non-hydrogen) atoms. The van der Waals surface area contributed by atoms with Crippen LogP contribution in [0.2, 0.25) is 0 Å². The molecule has 3 aromatic rings. The number of hydrogen-bond acceptors (Lipinski definition) is 5. The molecule has 0 bridgehead atoms. The first-order valence-corrected chi connectivity index (χ1v) is 11.9. The van der Waals surface area contributed by atoms with Crippen molar-refractivity contribution in [2.75, 3.05) is 23.7 Å². The van der Waals surface area contributed by atoms with Gasteiger partial charge in [-0.2, -0.15) is 0 Å². The van der Waals surface area contributed by atoms with E-state index in [0.717, 1.165) is 66.4 Å². The largest absolute Gasteiger partial charge is 0.456 e. The Labute approximate surface area is 200 Å². The Morgan fingerprint density at radius 3 is 2.06 bits per heavy atom. The number of nitrogens with one attached hydrogen (secondary N) is 4. The topological polar surface area (TPSA) is 95.4 Å². The van der Waals surface area contributed by atoms with Gasteiger partial charge >= 0.3 is 0 Å². The first kappa shape index (κ1) is 23.7. The fourth-order valence-electron chi connectivity index (χ4n) is 3.93. The van der Waals surface area contributed by atoms with Crippen LogP contribution in [0.15, 0.2) is 65.1 Å². The van der Waals surface area contributed by atoms with Gasteiger partial charge in [-0.1, -0.05) is 6.92 Å². The molecule has 2 atom stereocenters. The molecule has 1 aromatic heterocycles. The van der Waals surface area contributed by atoms with E-state index in [1.807, 2.05) is 67.6 Å².